The molecule has 1 aliphatic carbocycles. The normalized spacial score (nSPS) is 19.8. The second-order valence-electron chi connectivity index (χ2n) is 13.3. The Morgan fingerprint density at radius 2 is 1.52 bits per heavy atom. The summed E-state index contributed by atoms with van der Waals surface area (Å²) in [5.74, 6) is 1.82. The molecule has 2 heteroatoms. The highest BCUT2D eigenvalue weighted by atomic mass is 32.2. The Balaban J connectivity index is 2.31. The van der Waals surface area contributed by atoms with Gasteiger partial charge in [-0.1, -0.05) is 112 Å². The van der Waals surface area contributed by atoms with Crippen LogP contribution in [0.15, 0.2) is 101 Å². The first-order valence-corrected chi connectivity index (χ1v) is 16.9. The third-order valence-electron chi connectivity index (χ3n) is 9.17. The Morgan fingerprint density at radius 1 is 0.929 bits per heavy atom. The van der Waals surface area contributed by atoms with Crippen LogP contribution in [-0.2, 0) is 0 Å². The molecule has 0 aliphatic heterocycles. The van der Waals surface area contributed by atoms with Crippen molar-refractivity contribution in [3.05, 3.63) is 118 Å². The largest absolute Gasteiger partial charge is 0.316 e. The van der Waals surface area contributed by atoms with Crippen LogP contribution in [0.4, 0.5) is 0 Å². The molecule has 226 valence electrons. The molecule has 42 heavy (non-hydrogen) atoms. The van der Waals surface area contributed by atoms with Crippen LogP contribution in [0.3, 0.4) is 0 Å². The molecule has 2 aromatic carbocycles. The Kier molecular flexibility index (Phi) is 11.8. The minimum absolute atomic E-state index is 0.341. The van der Waals surface area contributed by atoms with Crippen LogP contribution < -0.4 is 0 Å². The van der Waals surface area contributed by atoms with Gasteiger partial charge in [-0.3, -0.25) is 0 Å². The fraction of sp³-hybridized carbons (Fsp3) is 0.450. The smallest absolute Gasteiger partial charge is 0.0531 e. The predicted octanol–water partition coefficient (Wildman–Crippen LogP) is 12.0. The second-order valence-corrected chi connectivity index (χ2v) is 14.1. The lowest BCUT2D eigenvalue weighted by Gasteiger charge is -2.30. The lowest BCUT2D eigenvalue weighted by molar-refractivity contribution is 0.321. The molecule has 0 radical (unpaired) electrons. The quantitative estimate of drug-likeness (QED) is 0.139. The lowest BCUT2D eigenvalue weighted by Crippen LogP contribution is -2.20. The summed E-state index contributed by atoms with van der Waals surface area (Å²) in [5.41, 5.74) is 13.5. The Bertz CT molecular complexity index is 1340. The van der Waals surface area contributed by atoms with Crippen molar-refractivity contribution in [1.82, 2.24) is 4.31 Å². The molecule has 0 bridgehead atoms. The number of benzene rings is 2. The van der Waals surface area contributed by atoms with Gasteiger partial charge in [0.25, 0.3) is 0 Å². The first kappa shape index (κ1) is 33.8. The van der Waals surface area contributed by atoms with E-state index in [0.717, 1.165) is 18.9 Å². The molecule has 1 saturated carbocycles. The van der Waals surface area contributed by atoms with Crippen LogP contribution in [-0.4, -0.2) is 17.1 Å². The fourth-order valence-electron chi connectivity index (χ4n) is 6.55. The first-order chi connectivity index (χ1) is 19.8. The van der Waals surface area contributed by atoms with Gasteiger partial charge in [-0.05, 0) is 122 Å². The van der Waals surface area contributed by atoms with Crippen molar-refractivity contribution in [2.45, 2.75) is 82.1 Å². The van der Waals surface area contributed by atoms with Gasteiger partial charge in [0.05, 0.1) is 5.70 Å². The van der Waals surface area contributed by atoms with E-state index in [1.165, 1.54) is 62.2 Å². The SMILES string of the molecule is C=CC(/C=C(C)/C(=C(C)\C(C(\C)=C(/C)c1ccccc1)=C(/C)c1ccc(C)cc1)N(CCC)SC)C1CC1C(C)(C)C. The van der Waals surface area contributed by atoms with E-state index in [1.54, 1.807) is 0 Å². The molecule has 0 amide bonds. The van der Waals surface area contributed by atoms with Crippen molar-refractivity contribution in [3.63, 3.8) is 0 Å². The summed E-state index contributed by atoms with van der Waals surface area (Å²) in [5, 5.41) is 0. The zero-order valence-corrected chi connectivity index (χ0v) is 29.1. The number of allylic oxidation sites excluding steroid dienone is 8. The van der Waals surface area contributed by atoms with Crippen LogP contribution in [0.2, 0.25) is 0 Å². The molecule has 3 atom stereocenters. The van der Waals surface area contributed by atoms with Crippen LogP contribution in [0.5, 0.6) is 0 Å². The molecule has 1 nitrogen and oxygen atoms in total. The zero-order chi connectivity index (χ0) is 31.2. The standard InChI is InChI=1S/C40H55NS/c1-13-24-41(42-12)39(28(4)25-33(14-2)36-26-37(36)40(9,10)11)32(8)38(31(7)35-22-20-27(3)21-23-35)30(6)29(5)34-18-16-15-17-19-34/h14-23,25,33,36-37H,2,13,24,26H2,1,3-12H3/b28-25+,30-29+,38-31+,39-32+. The van der Waals surface area contributed by atoms with E-state index in [-0.39, 0.29) is 0 Å². The maximum atomic E-state index is 4.30. The van der Waals surface area contributed by atoms with Gasteiger partial charge in [-0.2, -0.15) is 0 Å². The molecular formula is C40H55NS. The van der Waals surface area contributed by atoms with Crippen molar-refractivity contribution in [2.75, 3.05) is 12.8 Å². The number of rotatable bonds is 12. The fourth-order valence-corrected chi connectivity index (χ4v) is 7.38. The second kappa shape index (κ2) is 14.6. The zero-order valence-electron chi connectivity index (χ0n) is 28.3. The van der Waals surface area contributed by atoms with Crippen LogP contribution >= 0.6 is 11.9 Å². The first-order valence-electron chi connectivity index (χ1n) is 15.7. The van der Waals surface area contributed by atoms with Crippen molar-refractivity contribution >= 4 is 23.1 Å². The summed E-state index contributed by atoms with van der Waals surface area (Å²) in [6, 6.07) is 19.8. The molecule has 0 heterocycles. The molecule has 1 fully saturated rings. The molecule has 0 saturated heterocycles. The van der Waals surface area contributed by atoms with E-state index in [0.29, 0.717) is 17.3 Å². The lowest BCUT2D eigenvalue weighted by atomic mass is 9.84. The van der Waals surface area contributed by atoms with Gasteiger partial charge in [0.1, 0.15) is 0 Å². The van der Waals surface area contributed by atoms with Crippen molar-refractivity contribution in [2.24, 2.45) is 23.2 Å². The highest BCUT2D eigenvalue weighted by molar-refractivity contribution is 7.96. The molecular weight excluding hydrogens is 527 g/mol. The number of aryl methyl sites for hydroxylation is 1. The maximum Gasteiger partial charge on any atom is 0.0531 e. The summed E-state index contributed by atoms with van der Waals surface area (Å²) < 4.78 is 2.52. The van der Waals surface area contributed by atoms with Crippen LogP contribution in [0, 0.1) is 30.1 Å². The molecule has 3 unspecified atom stereocenters. The van der Waals surface area contributed by atoms with Crippen molar-refractivity contribution in [1.29, 1.82) is 0 Å². The monoisotopic (exact) mass is 581 g/mol. The number of hydrogen-bond donors (Lipinski definition) is 0. The van der Waals surface area contributed by atoms with E-state index in [2.05, 4.69) is 153 Å². The van der Waals surface area contributed by atoms with Gasteiger partial charge in [-0.15, -0.1) is 6.58 Å². The summed E-state index contributed by atoms with van der Waals surface area (Å²) in [6.45, 7) is 28.4. The molecule has 0 N–H and O–H groups in total. The van der Waals surface area contributed by atoms with Crippen LogP contribution in [0.25, 0.3) is 11.1 Å². The maximum absolute atomic E-state index is 4.30. The predicted molar refractivity (Wildman–Crippen MR) is 190 cm³/mol. The third-order valence-corrected chi connectivity index (χ3v) is 9.97. The van der Waals surface area contributed by atoms with E-state index in [1.807, 2.05) is 11.9 Å². The van der Waals surface area contributed by atoms with Gasteiger partial charge in [-0.25, -0.2) is 0 Å². The van der Waals surface area contributed by atoms with E-state index in [4.69, 9.17) is 0 Å². The number of nitrogens with zero attached hydrogens (tertiary/aromatic N) is 1. The molecule has 0 spiro atoms. The summed E-state index contributed by atoms with van der Waals surface area (Å²) >= 11 is 1.84. The highest BCUT2D eigenvalue weighted by Crippen LogP contribution is 2.55. The molecule has 1 aliphatic rings. The van der Waals surface area contributed by atoms with Crippen molar-refractivity contribution < 1.29 is 0 Å². The van der Waals surface area contributed by atoms with E-state index >= 15 is 0 Å². The van der Waals surface area contributed by atoms with Gasteiger partial charge < -0.3 is 4.31 Å². The van der Waals surface area contributed by atoms with Gasteiger partial charge >= 0.3 is 0 Å². The van der Waals surface area contributed by atoms with Gasteiger partial charge in [0.2, 0.25) is 0 Å². The highest BCUT2D eigenvalue weighted by Gasteiger charge is 2.47. The Labute approximate surface area is 262 Å². The summed E-state index contributed by atoms with van der Waals surface area (Å²) in [6.07, 6.45) is 9.31. The Hall–Kier alpha value is -2.71. The third kappa shape index (κ3) is 8.01. The van der Waals surface area contributed by atoms with E-state index in [9.17, 15) is 0 Å². The van der Waals surface area contributed by atoms with Gasteiger partial charge in [0, 0.05) is 12.8 Å². The van der Waals surface area contributed by atoms with Gasteiger partial charge in [0.15, 0.2) is 0 Å². The summed E-state index contributed by atoms with van der Waals surface area (Å²) in [4.78, 5) is 0. The van der Waals surface area contributed by atoms with E-state index < -0.39 is 0 Å². The average molecular weight is 582 g/mol. The molecule has 3 rings (SSSR count). The topological polar surface area (TPSA) is 3.24 Å². The molecule has 0 aromatic heterocycles. The van der Waals surface area contributed by atoms with Crippen LogP contribution in [0.1, 0.15) is 91.8 Å². The summed E-state index contributed by atoms with van der Waals surface area (Å²) in [7, 11) is 0. The molecule has 2 aromatic rings. The number of hydrogen-bond acceptors (Lipinski definition) is 2. The Morgan fingerprint density at radius 3 is 2.02 bits per heavy atom. The minimum Gasteiger partial charge on any atom is -0.316 e. The average Bonchev–Trinajstić information content (AvgIpc) is 3.78. The minimum atomic E-state index is 0.341. The van der Waals surface area contributed by atoms with Crippen molar-refractivity contribution in [3.8, 4) is 0 Å².